The molecule has 0 bridgehead atoms. The van der Waals surface area contributed by atoms with Crippen LogP contribution in [0.25, 0.3) is 65.2 Å². The maximum atomic E-state index is 5.24. The lowest BCUT2D eigenvalue weighted by Crippen LogP contribution is -2.31. The summed E-state index contributed by atoms with van der Waals surface area (Å²) in [7, 11) is 0. The second-order valence-corrected chi connectivity index (χ2v) is 15.3. The number of rotatable bonds is 3. The summed E-state index contributed by atoms with van der Waals surface area (Å²) in [6.45, 7) is 0. The summed E-state index contributed by atoms with van der Waals surface area (Å²) in [6, 6.07) is 61.5. The van der Waals surface area contributed by atoms with E-state index in [-0.39, 0.29) is 0 Å². The summed E-state index contributed by atoms with van der Waals surface area (Å²) < 4.78 is 2.54. The summed E-state index contributed by atoms with van der Waals surface area (Å²) in [4.78, 5) is 13.0. The molecule has 2 aliphatic rings. The van der Waals surface area contributed by atoms with Gasteiger partial charge in [-0.15, -0.1) is 11.3 Å². The monoisotopic (exact) mass is 684 g/mol. The normalized spacial score (nSPS) is 13.6. The summed E-state index contributed by atoms with van der Waals surface area (Å²) in [6.07, 6.45) is 0. The fourth-order valence-electron chi connectivity index (χ4n) is 8.46. The minimum Gasteiger partial charge on any atom is -0.228 e. The van der Waals surface area contributed by atoms with Crippen LogP contribution < -0.4 is 0 Å². The molecule has 0 saturated carbocycles. The predicted octanol–water partition coefficient (Wildman–Crippen LogP) is 12.7. The Kier molecular flexibility index (Phi) is 6.30. The third kappa shape index (κ3) is 4.12. The minimum atomic E-state index is -0.397. The predicted molar refractivity (Wildman–Crippen MR) is 213 cm³/mol. The number of thiophene rings is 1. The van der Waals surface area contributed by atoms with Crippen LogP contribution in [0, 0.1) is 0 Å². The number of benzene rings is 7. The Morgan fingerprint density at radius 3 is 1.80 bits per heavy atom. The molecule has 238 valence electrons. The smallest absolute Gasteiger partial charge is 0.160 e. The molecule has 0 N–H and O–H groups in total. The second kappa shape index (κ2) is 11.1. The number of hydrogen-bond donors (Lipinski definition) is 0. The third-order valence-corrected chi connectivity index (χ3v) is 13.0. The summed E-state index contributed by atoms with van der Waals surface area (Å²) in [5, 5.41) is 2.60. The zero-order chi connectivity index (χ0) is 33.5. The van der Waals surface area contributed by atoms with E-state index in [4.69, 9.17) is 9.97 Å². The van der Waals surface area contributed by atoms with Gasteiger partial charge < -0.3 is 0 Å². The fourth-order valence-corrected chi connectivity index (χ4v) is 11.1. The molecule has 0 unspecified atom stereocenters. The van der Waals surface area contributed by atoms with Crippen LogP contribution in [0.5, 0.6) is 0 Å². The number of fused-ring (bicyclic) bond motifs is 13. The van der Waals surface area contributed by atoms with Gasteiger partial charge in [-0.25, -0.2) is 9.97 Å². The second-order valence-electron chi connectivity index (χ2n) is 13.2. The van der Waals surface area contributed by atoms with Crippen molar-refractivity contribution in [3.8, 4) is 45.0 Å². The molecular weight excluding hydrogens is 657 g/mol. The zero-order valence-electron chi connectivity index (χ0n) is 27.4. The van der Waals surface area contributed by atoms with Gasteiger partial charge in [0, 0.05) is 46.7 Å². The Morgan fingerprint density at radius 2 is 1.06 bits per heavy atom. The first kappa shape index (κ1) is 29.0. The van der Waals surface area contributed by atoms with Gasteiger partial charge in [-0.2, -0.15) is 0 Å². The lowest BCUT2D eigenvalue weighted by atomic mass is 9.67. The van der Waals surface area contributed by atoms with Gasteiger partial charge in [0.1, 0.15) is 0 Å². The van der Waals surface area contributed by atoms with E-state index in [0.717, 1.165) is 33.9 Å². The van der Waals surface area contributed by atoms with Crippen LogP contribution in [0.1, 0.15) is 22.3 Å². The van der Waals surface area contributed by atoms with Gasteiger partial charge in [-0.3, -0.25) is 0 Å². The molecule has 0 radical (unpaired) electrons. The molecule has 0 amide bonds. The first-order valence-electron chi connectivity index (χ1n) is 17.2. The van der Waals surface area contributed by atoms with Crippen LogP contribution >= 0.6 is 23.1 Å². The fraction of sp³-hybridized carbons (Fsp3) is 0.0213. The van der Waals surface area contributed by atoms with Gasteiger partial charge in [0.15, 0.2) is 5.82 Å². The molecule has 3 heterocycles. The molecule has 1 spiro atoms. The molecule has 51 heavy (non-hydrogen) atoms. The van der Waals surface area contributed by atoms with Crippen molar-refractivity contribution in [2.24, 2.45) is 0 Å². The topological polar surface area (TPSA) is 25.8 Å². The third-order valence-electron chi connectivity index (χ3n) is 10.6. The van der Waals surface area contributed by atoms with Crippen molar-refractivity contribution in [2.45, 2.75) is 15.2 Å². The summed E-state index contributed by atoms with van der Waals surface area (Å²) >= 11 is 3.79. The van der Waals surface area contributed by atoms with Crippen molar-refractivity contribution < 1.29 is 0 Å². The van der Waals surface area contributed by atoms with E-state index < -0.39 is 5.41 Å². The molecule has 0 atom stereocenters. The van der Waals surface area contributed by atoms with Gasteiger partial charge in [-0.1, -0.05) is 163 Å². The number of hydrogen-bond acceptors (Lipinski definition) is 4. The Bertz CT molecular complexity index is 2730. The average molecular weight is 685 g/mol. The van der Waals surface area contributed by atoms with E-state index in [1.165, 1.54) is 63.3 Å². The van der Waals surface area contributed by atoms with Crippen molar-refractivity contribution in [1.29, 1.82) is 0 Å². The van der Waals surface area contributed by atoms with E-state index in [9.17, 15) is 0 Å². The van der Waals surface area contributed by atoms with Crippen LogP contribution in [0.2, 0.25) is 0 Å². The quantitative estimate of drug-likeness (QED) is 0.185. The van der Waals surface area contributed by atoms with Crippen LogP contribution in [-0.2, 0) is 5.41 Å². The zero-order valence-corrected chi connectivity index (χ0v) is 29.0. The maximum absolute atomic E-state index is 5.24. The lowest BCUT2D eigenvalue weighted by molar-refractivity contribution is 0.726. The Morgan fingerprint density at radius 1 is 0.451 bits per heavy atom. The Labute approximate surface area is 304 Å². The highest BCUT2D eigenvalue weighted by Gasteiger charge is 2.50. The van der Waals surface area contributed by atoms with Crippen LogP contribution in [0.4, 0.5) is 0 Å². The highest BCUT2D eigenvalue weighted by Crippen LogP contribution is 2.63. The van der Waals surface area contributed by atoms with E-state index in [1.54, 1.807) is 0 Å². The van der Waals surface area contributed by atoms with E-state index >= 15 is 0 Å². The Balaban J connectivity index is 1.19. The van der Waals surface area contributed by atoms with Crippen molar-refractivity contribution in [3.63, 3.8) is 0 Å². The van der Waals surface area contributed by atoms with Gasteiger partial charge in [0.25, 0.3) is 0 Å². The van der Waals surface area contributed by atoms with Crippen molar-refractivity contribution >= 4 is 43.3 Å². The molecule has 1 aliphatic carbocycles. The Hall–Kier alpha value is -5.81. The van der Waals surface area contributed by atoms with Crippen molar-refractivity contribution in [2.75, 3.05) is 0 Å². The molecule has 1 aliphatic heterocycles. The largest absolute Gasteiger partial charge is 0.228 e. The van der Waals surface area contributed by atoms with Crippen LogP contribution in [0.15, 0.2) is 180 Å². The van der Waals surface area contributed by atoms with Gasteiger partial charge >= 0.3 is 0 Å². The molecule has 7 aromatic carbocycles. The molecule has 0 saturated heterocycles. The highest BCUT2D eigenvalue weighted by molar-refractivity contribution is 7.99. The molecule has 2 nitrogen and oxygen atoms in total. The molecule has 0 fully saturated rings. The standard InChI is InChI=1S/C47H28N2S2/c1-3-14-29(15-4-1)39-28-40(49-46(48-39)30-16-5-2-6-17-30)33-20-13-21-34-43-42(51-44(33)34)27-26-38-45(43)50-41-25-12-11-24-37(41)47(38)35-22-9-7-18-31(35)32-19-8-10-23-36(32)47/h1-28H. The van der Waals surface area contributed by atoms with Gasteiger partial charge in [0.2, 0.25) is 0 Å². The van der Waals surface area contributed by atoms with Gasteiger partial charge in [-0.05, 0) is 51.6 Å². The minimum absolute atomic E-state index is 0.397. The number of aromatic nitrogens is 2. The van der Waals surface area contributed by atoms with E-state index in [0.29, 0.717) is 0 Å². The molecule has 11 rings (SSSR count). The van der Waals surface area contributed by atoms with Crippen LogP contribution in [-0.4, -0.2) is 9.97 Å². The SMILES string of the molecule is c1ccc(-c2cc(-c3cccc4c3sc3ccc5c(c34)Sc3ccccc3C53c4ccccc4-c4ccccc43)nc(-c3ccccc3)n2)cc1. The average Bonchev–Trinajstić information content (AvgIpc) is 3.73. The first-order valence-corrected chi connectivity index (χ1v) is 18.9. The van der Waals surface area contributed by atoms with E-state index in [2.05, 4.69) is 146 Å². The summed E-state index contributed by atoms with van der Waals surface area (Å²) in [5.41, 5.74) is 12.8. The number of nitrogens with zero attached hydrogens (tertiary/aromatic N) is 2. The molecular formula is C47H28N2S2. The summed E-state index contributed by atoms with van der Waals surface area (Å²) in [5.74, 6) is 0.732. The van der Waals surface area contributed by atoms with Crippen molar-refractivity contribution in [1.82, 2.24) is 9.97 Å². The van der Waals surface area contributed by atoms with Crippen molar-refractivity contribution in [3.05, 3.63) is 192 Å². The van der Waals surface area contributed by atoms with Gasteiger partial charge in [0.05, 0.1) is 16.8 Å². The molecule has 2 aromatic heterocycles. The first-order chi connectivity index (χ1) is 25.3. The lowest BCUT2D eigenvalue weighted by Gasteiger charge is -2.40. The molecule has 4 heteroatoms. The van der Waals surface area contributed by atoms with E-state index in [1.807, 2.05) is 47.4 Å². The molecule has 9 aromatic rings. The van der Waals surface area contributed by atoms with Crippen LogP contribution in [0.3, 0.4) is 0 Å². The highest BCUT2D eigenvalue weighted by atomic mass is 32.2. The maximum Gasteiger partial charge on any atom is 0.160 e.